The number of aromatic nitrogens is 2. The highest BCUT2D eigenvalue weighted by Gasteiger charge is 2.30. The fourth-order valence-corrected chi connectivity index (χ4v) is 4.91. The molecule has 0 unspecified atom stereocenters. The van der Waals surface area contributed by atoms with Crippen molar-refractivity contribution in [3.8, 4) is 5.75 Å². The fourth-order valence-electron chi connectivity index (χ4n) is 4.91. The molecule has 1 fully saturated rings. The number of carbonyl (C=O) groups excluding carboxylic acids is 1. The van der Waals surface area contributed by atoms with Crippen molar-refractivity contribution in [3.05, 3.63) is 59.7 Å². The minimum Gasteiger partial charge on any atom is -0.489 e. The number of imidazole rings is 1. The fraction of sp³-hybridized carbons (Fsp3) is 0.440. The molecule has 2 aromatic carbocycles. The molecule has 3 aromatic rings. The van der Waals surface area contributed by atoms with Crippen molar-refractivity contribution in [2.24, 2.45) is 0 Å². The second-order valence-electron chi connectivity index (χ2n) is 8.90. The summed E-state index contributed by atoms with van der Waals surface area (Å²) in [5, 5.41) is 0. The van der Waals surface area contributed by atoms with Crippen molar-refractivity contribution >= 4 is 16.9 Å². The van der Waals surface area contributed by atoms with Crippen LogP contribution in [0, 0.1) is 5.82 Å². The molecule has 0 radical (unpaired) electrons. The van der Waals surface area contributed by atoms with Gasteiger partial charge in [0.15, 0.2) is 0 Å². The molecular formula is C25H29FN4O2. The van der Waals surface area contributed by atoms with Crippen molar-refractivity contribution in [2.75, 3.05) is 19.6 Å². The summed E-state index contributed by atoms with van der Waals surface area (Å²) in [5.74, 6) is 1.55. The molecule has 5 rings (SSSR count). The van der Waals surface area contributed by atoms with Crippen LogP contribution in [0.2, 0.25) is 0 Å². The number of rotatable bonds is 4. The predicted molar refractivity (Wildman–Crippen MR) is 121 cm³/mol. The lowest BCUT2D eigenvalue weighted by molar-refractivity contribution is -0.135. The Morgan fingerprint density at radius 1 is 1.25 bits per heavy atom. The molecule has 6 nitrogen and oxygen atoms in total. The molecule has 1 saturated heterocycles. The summed E-state index contributed by atoms with van der Waals surface area (Å²) in [5.41, 5.74) is 2.57. The Morgan fingerprint density at radius 2 is 2.12 bits per heavy atom. The summed E-state index contributed by atoms with van der Waals surface area (Å²) in [6.45, 7) is 5.07. The molecule has 2 aliphatic rings. The Morgan fingerprint density at radius 3 is 3.03 bits per heavy atom. The van der Waals surface area contributed by atoms with Crippen LogP contribution in [0.1, 0.15) is 50.0 Å². The van der Waals surface area contributed by atoms with E-state index in [1.165, 1.54) is 12.1 Å². The Balaban J connectivity index is 1.28. The molecule has 0 bridgehead atoms. The van der Waals surface area contributed by atoms with Gasteiger partial charge in [0, 0.05) is 38.2 Å². The highest BCUT2D eigenvalue weighted by Crippen LogP contribution is 2.31. The number of hydrogen-bond acceptors (Lipinski definition) is 4. The predicted octanol–water partition coefficient (Wildman–Crippen LogP) is 4.43. The van der Waals surface area contributed by atoms with Crippen LogP contribution < -0.4 is 4.74 Å². The van der Waals surface area contributed by atoms with Gasteiger partial charge in [0.05, 0.1) is 17.1 Å². The number of fused-ring (bicyclic) bond motifs is 2. The number of piperidine rings is 1. The third-order valence-corrected chi connectivity index (χ3v) is 6.45. The third kappa shape index (κ3) is 4.35. The van der Waals surface area contributed by atoms with E-state index in [0.717, 1.165) is 61.6 Å². The largest absolute Gasteiger partial charge is 0.489 e. The van der Waals surface area contributed by atoms with Crippen LogP contribution in [-0.4, -0.2) is 51.4 Å². The molecule has 0 aliphatic carbocycles. The van der Waals surface area contributed by atoms with Gasteiger partial charge in [-0.15, -0.1) is 0 Å². The maximum atomic E-state index is 13.6. The molecule has 1 aromatic heterocycles. The highest BCUT2D eigenvalue weighted by molar-refractivity contribution is 5.78. The number of amides is 1. The van der Waals surface area contributed by atoms with Gasteiger partial charge in [-0.1, -0.05) is 18.2 Å². The summed E-state index contributed by atoms with van der Waals surface area (Å²) in [6.07, 6.45) is 3.46. The van der Waals surface area contributed by atoms with Crippen LogP contribution in [0.25, 0.3) is 11.0 Å². The average Bonchev–Trinajstić information content (AvgIpc) is 3.13. The summed E-state index contributed by atoms with van der Waals surface area (Å²) < 4.78 is 19.6. The zero-order valence-corrected chi connectivity index (χ0v) is 18.4. The van der Waals surface area contributed by atoms with E-state index in [1.54, 1.807) is 6.07 Å². The lowest BCUT2D eigenvalue weighted by Crippen LogP contribution is -2.41. The number of ether oxygens (including phenoxy) is 1. The van der Waals surface area contributed by atoms with Crippen molar-refractivity contribution in [3.63, 3.8) is 0 Å². The molecule has 168 valence electrons. The van der Waals surface area contributed by atoms with Crippen molar-refractivity contribution < 1.29 is 13.9 Å². The number of carbonyl (C=O) groups is 1. The van der Waals surface area contributed by atoms with Gasteiger partial charge in [0.25, 0.3) is 0 Å². The number of nitrogens with zero attached hydrogens (tertiary/aromatic N) is 3. The molecule has 1 N–H and O–H groups in total. The smallest absolute Gasteiger partial charge is 0.224 e. The van der Waals surface area contributed by atoms with E-state index in [1.807, 2.05) is 23.1 Å². The Kier molecular flexibility index (Phi) is 5.83. The minimum absolute atomic E-state index is 0.0763. The number of para-hydroxylation sites is 1. The summed E-state index contributed by atoms with van der Waals surface area (Å²) >= 11 is 0. The van der Waals surface area contributed by atoms with Crippen LogP contribution in [0.3, 0.4) is 0 Å². The van der Waals surface area contributed by atoms with E-state index in [4.69, 9.17) is 4.74 Å². The van der Waals surface area contributed by atoms with E-state index >= 15 is 0 Å². The third-order valence-electron chi connectivity index (χ3n) is 6.45. The Labute approximate surface area is 187 Å². The Bertz CT molecular complexity index is 1110. The molecule has 2 atom stereocenters. The molecule has 7 heteroatoms. The number of halogens is 1. The second kappa shape index (κ2) is 8.90. The molecule has 0 spiro atoms. The zero-order chi connectivity index (χ0) is 22.1. The van der Waals surface area contributed by atoms with Crippen LogP contribution >= 0.6 is 0 Å². The number of aromatic amines is 1. The van der Waals surface area contributed by atoms with E-state index in [0.29, 0.717) is 18.5 Å². The van der Waals surface area contributed by atoms with E-state index in [2.05, 4.69) is 27.9 Å². The van der Waals surface area contributed by atoms with Crippen LogP contribution in [-0.2, 0) is 11.3 Å². The molecule has 32 heavy (non-hydrogen) atoms. The van der Waals surface area contributed by atoms with Gasteiger partial charge >= 0.3 is 0 Å². The van der Waals surface area contributed by atoms with Gasteiger partial charge in [-0.25, -0.2) is 9.37 Å². The quantitative estimate of drug-likeness (QED) is 0.657. The molecule has 1 amide bonds. The van der Waals surface area contributed by atoms with E-state index < -0.39 is 0 Å². The summed E-state index contributed by atoms with van der Waals surface area (Å²) in [7, 11) is 0. The first-order valence-corrected chi connectivity index (χ1v) is 11.5. The number of benzene rings is 2. The van der Waals surface area contributed by atoms with Crippen LogP contribution in [0.5, 0.6) is 5.75 Å². The monoisotopic (exact) mass is 436 g/mol. The van der Waals surface area contributed by atoms with Crippen molar-refractivity contribution in [1.82, 2.24) is 19.8 Å². The highest BCUT2D eigenvalue weighted by atomic mass is 19.1. The maximum absolute atomic E-state index is 13.6. The molecule has 0 saturated carbocycles. The number of H-pyrrole nitrogens is 1. The van der Waals surface area contributed by atoms with E-state index in [-0.39, 0.29) is 23.9 Å². The lowest BCUT2D eigenvalue weighted by atomic mass is 10.0. The molecule has 2 aliphatic heterocycles. The Hall–Kier alpha value is -2.93. The van der Waals surface area contributed by atoms with Gasteiger partial charge in [0.1, 0.15) is 23.5 Å². The topological polar surface area (TPSA) is 61.5 Å². The maximum Gasteiger partial charge on any atom is 0.224 e. The van der Waals surface area contributed by atoms with Crippen LogP contribution in [0.15, 0.2) is 42.5 Å². The molecular weight excluding hydrogens is 407 g/mol. The first-order chi connectivity index (χ1) is 15.6. The van der Waals surface area contributed by atoms with Gasteiger partial charge in [-0.05, 0) is 50.5 Å². The van der Waals surface area contributed by atoms with Gasteiger partial charge in [-0.3, -0.25) is 9.69 Å². The van der Waals surface area contributed by atoms with Gasteiger partial charge in [-0.2, -0.15) is 0 Å². The van der Waals surface area contributed by atoms with Gasteiger partial charge < -0.3 is 14.6 Å². The lowest BCUT2D eigenvalue weighted by Gasteiger charge is -2.35. The van der Waals surface area contributed by atoms with Crippen LogP contribution in [0.4, 0.5) is 4.39 Å². The van der Waals surface area contributed by atoms with Gasteiger partial charge in [0.2, 0.25) is 5.91 Å². The van der Waals surface area contributed by atoms with Crippen molar-refractivity contribution in [2.45, 2.75) is 51.3 Å². The standard InChI is InChI=1S/C25H29FN4O2/c1-17-15-29(16-18-6-2-3-8-23(18)32-17)13-11-24(31)30-12-5-4-7-22(30)25-27-20-10-9-19(26)14-21(20)28-25/h2-3,6,8-10,14,17,22H,4-5,7,11-13,15-16H2,1H3,(H,27,28)/t17-,22-/m1/s1. The summed E-state index contributed by atoms with van der Waals surface area (Å²) in [6, 6.07) is 12.6. The number of nitrogens with one attached hydrogen (secondary N) is 1. The summed E-state index contributed by atoms with van der Waals surface area (Å²) in [4.78, 5) is 25.5. The number of likely N-dealkylation sites (tertiary alicyclic amines) is 1. The first-order valence-electron chi connectivity index (χ1n) is 11.5. The van der Waals surface area contributed by atoms with Crippen molar-refractivity contribution in [1.29, 1.82) is 0 Å². The average molecular weight is 437 g/mol. The molecule has 3 heterocycles. The normalized spacial score (nSPS) is 21.8. The zero-order valence-electron chi connectivity index (χ0n) is 18.4. The minimum atomic E-state index is -0.290. The first kappa shape index (κ1) is 20.9. The second-order valence-corrected chi connectivity index (χ2v) is 8.90. The van der Waals surface area contributed by atoms with E-state index in [9.17, 15) is 9.18 Å². The SMILES string of the molecule is C[C@@H]1CN(CCC(=O)N2CCCC[C@@H]2c2nc3ccc(F)cc3[nH]2)Cc2ccccc2O1. The number of hydrogen-bond donors (Lipinski definition) is 1.